The number of nitriles is 1. The van der Waals surface area contributed by atoms with Crippen molar-refractivity contribution in [2.45, 2.75) is 6.92 Å². The number of carbonyl (C=O) groups excluding carboxylic acids is 1. The van der Waals surface area contributed by atoms with Crippen molar-refractivity contribution in [2.75, 3.05) is 32.9 Å². The van der Waals surface area contributed by atoms with Gasteiger partial charge in [-0.05, 0) is 24.6 Å². The van der Waals surface area contributed by atoms with Gasteiger partial charge in [-0.1, -0.05) is 6.07 Å². The first kappa shape index (κ1) is 13.4. The molecule has 0 radical (unpaired) electrons. The van der Waals surface area contributed by atoms with Crippen LogP contribution in [0.25, 0.3) is 0 Å². The molecule has 1 aromatic rings. The topological polar surface area (TPSA) is 62.6 Å². The first-order valence-corrected chi connectivity index (χ1v) is 6.20. The van der Waals surface area contributed by atoms with E-state index in [0.29, 0.717) is 37.6 Å². The van der Waals surface area contributed by atoms with Crippen molar-refractivity contribution in [2.24, 2.45) is 0 Å². The highest BCUT2D eigenvalue weighted by Gasteiger charge is 2.17. The monoisotopic (exact) mass is 260 g/mol. The highest BCUT2D eigenvalue weighted by Crippen LogP contribution is 2.19. The molecule has 0 saturated carbocycles. The van der Waals surface area contributed by atoms with Crippen molar-refractivity contribution in [3.8, 4) is 11.8 Å². The summed E-state index contributed by atoms with van der Waals surface area (Å²) in [5, 5.41) is 8.84. The van der Waals surface area contributed by atoms with E-state index in [1.807, 2.05) is 13.0 Å². The molecule has 19 heavy (non-hydrogen) atoms. The van der Waals surface area contributed by atoms with Crippen molar-refractivity contribution in [3.63, 3.8) is 0 Å². The number of hydrogen-bond acceptors (Lipinski definition) is 4. The quantitative estimate of drug-likeness (QED) is 0.816. The lowest BCUT2D eigenvalue weighted by Gasteiger charge is -2.26. The van der Waals surface area contributed by atoms with E-state index in [0.717, 1.165) is 5.56 Å². The van der Waals surface area contributed by atoms with Crippen molar-refractivity contribution in [3.05, 3.63) is 29.3 Å². The zero-order chi connectivity index (χ0) is 13.7. The molecule has 5 heteroatoms. The largest absolute Gasteiger partial charge is 0.483 e. The van der Waals surface area contributed by atoms with Crippen molar-refractivity contribution in [1.29, 1.82) is 5.26 Å². The predicted octanol–water partition coefficient (Wildman–Crippen LogP) is 1.10. The number of ether oxygens (including phenoxy) is 2. The van der Waals surface area contributed by atoms with Gasteiger partial charge in [-0.25, -0.2) is 0 Å². The first-order valence-electron chi connectivity index (χ1n) is 6.20. The van der Waals surface area contributed by atoms with Gasteiger partial charge in [0, 0.05) is 13.1 Å². The molecular formula is C14H16N2O3. The summed E-state index contributed by atoms with van der Waals surface area (Å²) >= 11 is 0. The fourth-order valence-electron chi connectivity index (χ4n) is 1.87. The number of nitrogens with zero attached hydrogens (tertiary/aromatic N) is 2. The van der Waals surface area contributed by atoms with E-state index in [9.17, 15) is 4.79 Å². The van der Waals surface area contributed by atoms with Crippen LogP contribution in [-0.2, 0) is 9.53 Å². The van der Waals surface area contributed by atoms with Gasteiger partial charge in [0.1, 0.15) is 5.75 Å². The van der Waals surface area contributed by atoms with E-state index in [-0.39, 0.29) is 12.5 Å². The Morgan fingerprint density at radius 1 is 1.47 bits per heavy atom. The molecule has 0 aliphatic carbocycles. The summed E-state index contributed by atoms with van der Waals surface area (Å²) in [6.07, 6.45) is 0. The lowest BCUT2D eigenvalue weighted by molar-refractivity contribution is -0.137. The Balaban J connectivity index is 1.94. The minimum Gasteiger partial charge on any atom is -0.483 e. The molecule has 0 atom stereocenters. The Morgan fingerprint density at radius 2 is 2.21 bits per heavy atom. The van der Waals surface area contributed by atoms with Gasteiger partial charge in [-0.2, -0.15) is 5.26 Å². The van der Waals surface area contributed by atoms with Crippen LogP contribution in [0.1, 0.15) is 11.1 Å². The zero-order valence-corrected chi connectivity index (χ0v) is 10.9. The Kier molecular flexibility index (Phi) is 4.37. The number of amides is 1. The van der Waals surface area contributed by atoms with E-state index in [4.69, 9.17) is 14.7 Å². The molecule has 100 valence electrons. The minimum absolute atomic E-state index is 0.00424. The standard InChI is InChI=1S/C14H16N2O3/c1-11-2-3-12(9-15)8-13(11)19-10-14(17)16-4-6-18-7-5-16/h2-3,8H,4-7,10H2,1H3. The minimum atomic E-state index is -0.0509. The van der Waals surface area contributed by atoms with Gasteiger partial charge >= 0.3 is 0 Å². The molecule has 1 amide bonds. The molecule has 2 rings (SSSR count). The van der Waals surface area contributed by atoms with Crippen LogP contribution in [0.3, 0.4) is 0 Å². The van der Waals surface area contributed by atoms with Crippen LogP contribution in [0.15, 0.2) is 18.2 Å². The number of carbonyl (C=O) groups is 1. The number of aryl methyl sites for hydroxylation is 1. The van der Waals surface area contributed by atoms with Crippen LogP contribution in [0.5, 0.6) is 5.75 Å². The second-order valence-corrected chi connectivity index (χ2v) is 4.37. The maximum Gasteiger partial charge on any atom is 0.260 e. The molecule has 0 unspecified atom stereocenters. The highest BCUT2D eigenvalue weighted by atomic mass is 16.5. The summed E-state index contributed by atoms with van der Waals surface area (Å²) in [6, 6.07) is 7.25. The van der Waals surface area contributed by atoms with Gasteiger partial charge in [-0.15, -0.1) is 0 Å². The van der Waals surface area contributed by atoms with E-state index in [1.54, 1.807) is 17.0 Å². The van der Waals surface area contributed by atoms with Gasteiger partial charge in [-0.3, -0.25) is 4.79 Å². The van der Waals surface area contributed by atoms with E-state index in [1.165, 1.54) is 0 Å². The molecule has 1 aliphatic rings. The van der Waals surface area contributed by atoms with Gasteiger partial charge in [0.25, 0.3) is 5.91 Å². The van der Waals surface area contributed by atoms with Crippen molar-refractivity contribution < 1.29 is 14.3 Å². The normalized spacial score (nSPS) is 14.8. The highest BCUT2D eigenvalue weighted by molar-refractivity contribution is 5.77. The average molecular weight is 260 g/mol. The number of benzene rings is 1. The van der Waals surface area contributed by atoms with Gasteiger partial charge in [0.15, 0.2) is 6.61 Å². The lowest BCUT2D eigenvalue weighted by atomic mass is 10.1. The van der Waals surface area contributed by atoms with E-state index < -0.39 is 0 Å². The fourth-order valence-corrected chi connectivity index (χ4v) is 1.87. The molecule has 1 fully saturated rings. The van der Waals surface area contributed by atoms with E-state index >= 15 is 0 Å². The summed E-state index contributed by atoms with van der Waals surface area (Å²) in [5.41, 5.74) is 1.44. The molecular weight excluding hydrogens is 244 g/mol. The fraction of sp³-hybridized carbons (Fsp3) is 0.429. The predicted molar refractivity (Wildman–Crippen MR) is 68.8 cm³/mol. The Morgan fingerprint density at radius 3 is 2.89 bits per heavy atom. The third-order valence-corrected chi connectivity index (χ3v) is 3.03. The SMILES string of the molecule is Cc1ccc(C#N)cc1OCC(=O)N1CCOCC1. The maximum absolute atomic E-state index is 11.9. The van der Waals surface area contributed by atoms with Crippen LogP contribution in [0.2, 0.25) is 0 Å². The molecule has 0 bridgehead atoms. The lowest BCUT2D eigenvalue weighted by Crippen LogP contribution is -2.43. The smallest absolute Gasteiger partial charge is 0.260 e. The van der Waals surface area contributed by atoms with Crippen molar-refractivity contribution in [1.82, 2.24) is 4.90 Å². The van der Waals surface area contributed by atoms with Gasteiger partial charge < -0.3 is 14.4 Å². The molecule has 1 heterocycles. The Bertz CT molecular complexity index is 502. The summed E-state index contributed by atoms with van der Waals surface area (Å²) in [7, 11) is 0. The number of hydrogen-bond donors (Lipinski definition) is 0. The third kappa shape index (κ3) is 3.46. The molecule has 1 saturated heterocycles. The van der Waals surface area contributed by atoms with Crippen LogP contribution < -0.4 is 4.74 Å². The Labute approximate surface area is 112 Å². The second-order valence-electron chi connectivity index (χ2n) is 4.37. The summed E-state index contributed by atoms with van der Waals surface area (Å²) in [5.74, 6) is 0.533. The summed E-state index contributed by atoms with van der Waals surface area (Å²) < 4.78 is 10.7. The van der Waals surface area contributed by atoms with Crippen molar-refractivity contribution >= 4 is 5.91 Å². The zero-order valence-electron chi connectivity index (χ0n) is 10.9. The van der Waals surface area contributed by atoms with Crippen LogP contribution in [0, 0.1) is 18.3 Å². The molecule has 1 aliphatic heterocycles. The summed E-state index contributed by atoms with van der Waals surface area (Å²) in [6.45, 7) is 4.26. The number of morpholine rings is 1. The molecule has 0 spiro atoms. The molecule has 0 aromatic heterocycles. The van der Waals surface area contributed by atoms with Crippen LogP contribution in [-0.4, -0.2) is 43.7 Å². The molecule has 5 nitrogen and oxygen atoms in total. The van der Waals surface area contributed by atoms with Crippen LogP contribution in [0.4, 0.5) is 0 Å². The van der Waals surface area contributed by atoms with Gasteiger partial charge in [0.2, 0.25) is 0 Å². The Hall–Kier alpha value is -2.06. The maximum atomic E-state index is 11.9. The number of rotatable bonds is 3. The molecule has 0 N–H and O–H groups in total. The van der Waals surface area contributed by atoms with Gasteiger partial charge in [0.05, 0.1) is 24.8 Å². The average Bonchev–Trinajstić information content (AvgIpc) is 2.47. The summed E-state index contributed by atoms with van der Waals surface area (Å²) in [4.78, 5) is 13.6. The van der Waals surface area contributed by atoms with Crippen LogP contribution >= 0.6 is 0 Å². The van der Waals surface area contributed by atoms with E-state index in [2.05, 4.69) is 6.07 Å². The second kappa shape index (κ2) is 6.21. The first-order chi connectivity index (χ1) is 9.20. The third-order valence-electron chi connectivity index (χ3n) is 3.03. The molecule has 1 aromatic carbocycles.